The van der Waals surface area contributed by atoms with Crippen LogP contribution >= 0.6 is 0 Å². The maximum Gasteiger partial charge on any atom is 0.341 e. The smallest absolute Gasteiger partial charge is 0.341 e. The molecular weight excluding hydrogens is 528 g/mol. The Morgan fingerprint density at radius 2 is 1.26 bits per heavy atom. The summed E-state index contributed by atoms with van der Waals surface area (Å²) < 4.78 is 17.3. The van der Waals surface area contributed by atoms with Crippen molar-refractivity contribution >= 4 is 23.4 Å². The lowest BCUT2D eigenvalue weighted by Gasteiger charge is -2.22. The maximum atomic E-state index is 12.8. The van der Waals surface area contributed by atoms with Gasteiger partial charge in [0.25, 0.3) is 0 Å². The van der Waals surface area contributed by atoms with Crippen molar-refractivity contribution in [3.05, 3.63) is 156 Å². The number of carbonyl (C=O) groups excluding carboxylic acids is 2. The lowest BCUT2D eigenvalue weighted by atomic mass is 10.0. The van der Waals surface area contributed by atoms with Crippen molar-refractivity contribution in [3.8, 4) is 11.5 Å². The summed E-state index contributed by atoms with van der Waals surface area (Å²) in [5.74, 6) is 0.364. The highest BCUT2D eigenvalue weighted by Crippen LogP contribution is 2.32. The van der Waals surface area contributed by atoms with Crippen LogP contribution in [0.4, 0.5) is 16.2 Å². The topological polar surface area (TPSA) is 85.9 Å². The molecule has 5 rings (SSSR count). The first-order chi connectivity index (χ1) is 20.6. The van der Waals surface area contributed by atoms with E-state index in [9.17, 15) is 9.59 Å². The van der Waals surface area contributed by atoms with E-state index in [1.54, 1.807) is 30.3 Å². The SMILES string of the molecule is COC(=O)c1cc(NC(=O)Nc2cccc(OCc3ccccc3)c2)ccc1OC(c1ccccc1)c1ccccc1. The summed E-state index contributed by atoms with van der Waals surface area (Å²) in [5.41, 5.74) is 4.03. The number of methoxy groups -OCH3 is 1. The Bertz CT molecular complexity index is 1590. The van der Waals surface area contributed by atoms with Gasteiger partial charge in [0, 0.05) is 17.4 Å². The molecule has 0 atom stereocenters. The fourth-order valence-corrected chi connectivity index (χ4v) is 4.39. The average molecular weight is 559 g/mol. The molecule has 0 heterocycles. The van der Waals surface area contributed by atoms with Gasteiger partial charge in [-0.2, -0.15) is 0 Å². The Kier molecular flexibility index (Phi) is 9.11. The molecule has 0 fully saturated rings. The molecule has 2 amide bonds. The van der Waals surface area contributed by atoms with Gasteiger partial charge >= 0.3 is 12.0 Å². The Labute approximate surface area is 244 Å². The lowest BCUT2D eigenvalue weighted by Crippen LogP contribution is -2.20. The molecular formula is C35H30N2O5. The highest BCUT2D eigenvalue weighted by atomic mass is 16.5. The van der Waals surface area contributed by atoms with Crippen molar-refractivity contribution in [3.63, 3.8) is 0 Å². The summed E-state index contributed by atoms with van der Waals surface area (Å²) in [6.07, 6.45) is -0.464. The number of ether oxygens (including phenoxy) is 3. The van der Waals surface area contributed by atoms with Crippen molar-refractivity contribution in [1.82, 2.24) is 0 Å². The molecule has 7 nitrogen and oxygen atoms in total. The number of esters is 1. The van der Waals surface area contributed by atoms with E-state index in [-0.39, 0.29) is 5.56 Å². The van der Waals surface area contributed by atoms with Crippen LogP contribution in [0.2, 0.25) is 0 Å². The van der Waals surface area contributed by atoms with Gasteiger partial charge in [0.1, 0.15) is 29.8 Å². The van der Waals surface area contributed by atoms with E-state index in [1.807, 2.05) is 97.1 Å². The third-order valence-electron chi connectivity index (χ3n) is 6.43. The van der Waals surface area contributed by atoms with Crippen LogP contribution in [0.5, 0.6) is 11.5 Å². The van der Waals surface area contributed by atoms with Crippen molar-refractivity contribution in [2.75, 3.05) is 17.7 Å². The van der Waals surface area contributed by atoms with Crippen molar-refractivity contribution < 1.29 is 23.8 Å². The molecule has 0 radical (unpaired) electrons. The second-order valence-corrected chi connectivity index (χ2v) is 9.40. The Hall–Kier alpha value is -5.56. The van der Waals surface area contributed by atoms with E-state index in [0.29, 0.717) is 29.5 Å². The molecule has 0 aliphatic heterocycles. The van der Waals surface area contributed by atoms with Gasteiger partial charge in [0.2, 0.25) is 0 Å². The Morgan fingerprint density at radius 1 is 0.667 bits per heavy atom. The van der Waals surface area contributed by atoms with Gasteiger partial charge in [-0.3, -0.25) is 0 Å². The minimum Gasteiger partial charge on any atom is -0.489 e. The van der Waals surface area contributed by atoms with Crippen LogP contribution in [0.1, 0.15) is 33.2 Å². The van der Waals surface area contributed by atoms with Crippen LogP contribution in [0.25, 0.3) is 0 Å². The number of benzene rings is 5. The largest absolute Gasteiger partial charge is 0.489 e. The van der Waals surface area contributed by atoms with E-state index < -0.39 is 18.1 Å². The summed E-state index contributed by atoms with van der Waals surface area (Å²) in [6.45, 7) is 0.413. The zero-order valence-corrected chi connectivity index (χ0v) is 23.0. The molecule has 0 unspecified atom stereocenters. The zero-order chi connectivity index (χ0) is 29.1. The molecule has 0 saturated heterocycles. The lowest BCUT2D eigenvalue weighted by molar-refractivity contribution is 0.0594. The van der Waals surface area contributed by atoms with Gasteiger partial charge < -0.3 is 24.8 Å². The minimum absolute atomic E-state index is 0.184. The van der Waals surface area contributed by atoms with Crippen LogP contribution in [0.15, 0.2) is 133 Å². The molecule has 5 aromatic carbocycles. The highest BCUT2D eigenvalue weighted by molar-refractivity contribution is 6.01. The summed E-state index contributed by atoms with van der Waals surface area (Å²) in [6, 6.07) is 40.8. The first-order valence-corrected chi connectivity index (χ1v) is 13.4. The van der Waals surface area contributed by atoms with Crippen molar-refractivity contribution in [1.29, 1.82) is 0 Å². The second kappa shape index (κ2) is 13.7. The summed E-state index contributed by atoms with van der Waals surface area (Å²) in [4.78, 5) is 25.6. The van der Waals surface area contributed by atoms with E-state index in [4.69, 9.17) is 14.2 Å². The molecule has 5 aromatic rings. The van der Waals surface area contributed by atoms with Gasteiger partial charge in [0.05, 0.1) is 7.11 Å². The van der Waals surface area contributed by atoms with E-state index in [0.717, 1.165) is 16.7 Å². The normalized spacial score (nSPS) is 10.5. The van der Waals surface area contributed by atoms with Gasteiger partial charge in [-0.05, 0) is 47.0 Å². The first kappa shape index (κ1) is 28.0. The summed E-state index contributed by atoms with van der Waals surface area (Å²) in [7, 11) is 1.30. The predicted octanol–water partition coefficient (Wildman–Crippen LogP) is 7.86. The van der Waals surface area contributed by atoms with Gasteiger partial charge in [-0.1, -0.05) is 97.1 Å². The molecule has 7 heteroatoms. The fourth-order valence-electron chi connectivity index (χ4n) is 4.39. The van der Waals surface area contributed by atoms with Crippen LogP contribution in [-0.4, -0.2) is 19.1 Å². The van der Waals surface area contributed by atoms with Crippen molar-refractivity contribution in [2.45, 2.75) is 12.7 Å². The summed E-state index contributed by atoms with van der Waals surface area (Å²) >= 11 is 0. The number of hydrogen-bond acceptors (Lipinski definition) is 5. The molecule has 2 N–H and O–H groups in total. The van der Waals surface area contributed by atoms with Crippen LogP contribution < -0.4 is 20.1 Å². The summed E-state index contributed by atoms with van der Waals surface area (Å²) in [5, 5.41) is 5.58. The van der Waals surface area contributed by atoms with Gasteiger partial charge in [-0.15, -0.1) is 0 Å². The quantitative estimate of drug-likeness (QED) is 0.170. The molecule has 0 bridgehead atoms. The minimum atomic E-state index is -0.586. The molecule has 42 heavy (non-hydrogen) atoms. The number of urea groups is 1. The number of rotatable bonds is 10. The van der Waals surface area contributed by atoms with E-state index in [1.165, 1.54) is 13.2 Å². The number of nitrogens with one attached hydrogen (secondary N) is 2. The second-order valence-electron chi connectivity index (χ2n) is 9.40. The fraction of sp³-hybridized carbons (Fsp3) is 0.0857. The van der Waals surface area contributed by atoms with E-state index in [2.05, 4.69) is 10.6 Å². The predicted molar refractivity (Wildman–Crippen MR) is 163 cm³/mol. The molecule has 0 aliphatic rings. The first-order valence-electron chi connectivity index (χ1n) is 13.4. The number of carbonyl (C=O) groups is 2. The Morgan fingerprint density at radius 3 is 1.88 bits per heavy atom. The monoisotopic (exact) mass is 558 g/mol. The van der Waals surface area contributed by atoms with Gasteiger partial charge in [-0.25, -0.2) is 9.59 Å². The zero-order valence-electron chi connectivity index (χ0n) is 23.0. The van der Waals surface area contributed by atoms with Crippen LogP contribution in [0.3, 0.4) is 0 Å². The van der Waals surface area contributed by atoms with Crippen LogP contribution in [-0.2, 0) is 11.3 Å². The highest BCUT2D eigenvalue weighted by Gasteiger charge is 2.21. The standard InChI is InChI=1S/C35H30N2O5/c1-40-34(38)31-23-29(20-21-32(31)42-33(26-14-7-3-8-15-26)27-16-9-4-10-17-27)37-35(39)36-28-18-11-19-30(22-28)41-24-25-12-5-2-6-13-25/h2-23,33H,24H2,1H3,(H2,36,37,39). The maximum absolute atomic E-state index is 12.8. The number of amides is 2. The number of hydrogen-bond donors (Lipinski definition) is 2. The Balaban J connectivity index is 1.30. The molecule has 0 aliphatic carbocycles. The third-order valence-corrected chi connectivity index (χ3v) is 6.43. The molecule has 0 spiro atoms. The number of anilines is 2. The van der Waals surface area contributed by atoms with Crippen molar-refractivity contribution in [2.24, 2.45) is 0 Å². The van der Waals surface area contributed by atoms with Crippen LogP contribution in [0, 0.1) is 0 Å². The third kappa shape index (κ3) is 7.34. The van der Waals surface area contributed by atoms with Gasteiger partial charge in [0.15, 0.2) is 0 Å². The molecule has 0 aromatic heterocycles. The average Bonchev–Trinajstić information content (AvgIpc) is 3.04. The van der Waals surface area contributed by atoms with E-state index >= 15 is 0 Å². The molecule has 0 saturated carbocycles. The molecule has 210 valence electrons.